The van der Waals surface area contributed by atoms with Crippen LogP contribution in [0.3, 0.4) is 0 Å². The van der Waals surface area contributed by atoms with Crippen molar-refractivity contribution in [3.05, 3.63) is 53.6 Å². The molecule has 1 saturated heterocycles. The van der Waals surface area contributed by atoms with Gasteiger partial charge >= 0.3 is 12.7 Å². The third-order valence-corrected chi connectivity index (χ3v) is 4.53. The van der Waals surface area contributed by atoms with Gasteiger partial charge in [-0.25, -0.2) is 4.98 Å². The Kier molecular flexibility index (Phi) is 6.36. The molecule has 29 heavy (non-hydrogen) atoms. The Morgan fingerprint density at radius 2 is 2.17 bits per heavy atom. The SMILES string of the molecule is CN=C(NCc1nccn1C(F)F)N1CCOC(c2cccc(C(F)(F)F)c2)C1. The molecule has 158 valence electrons. The van der Waals surface area contributed by atoms with Crippen LogP contribution in [-0.4, -0.2) is 47.2 Å². The number of morpholine rings is 1. The maximum absolute atomic E-state index is 13.0. The zero-order valence-corrected chi connectivity index (χ0v) is 15.5. The fourth-order valence-electron chi connectivity index (χ4n) is 3.11. The summed E-state index contributed by atoms with van der Waals surface area (Å²) in [7, 11) is 1.54. The number of hydrogen-bond donors (Lipinski definition) is 1. The first-order chi connectivity index (χ1) is 13.8. The van der Waals surface area contributed by atoms with E-state index in [4.69, 9.17) is 4.74 Å². The number of rotatable bonds is 4. The van der Waals surface area contributed by atoms with Gasteiger partial charge in [0.1, 0.15) is 11.9 Å². The summed E-state index contributed by atoms with van der Waals surface area (Å²) in [6, 6.07) is 5.01. The minimum atomic E-state index is -4.44. The molecule has 3 rings (SSSR count). The summed E-state index contributed by atoms with van der Waals surface area (Å²) in [4.78, 5) is 9.85. The minimum Gasteiger partial charge on any atom is -0.370 e. The topological polar surface area (TPSA) is 54.7 Å². The Bertz CT molecular complexity index is 851. The third-order valence-electron chi connectivity index (χ3n) is 4.53. The van der Waals surface area contributed by atoms with Crippen molar-refractivity contribution in [3.63, 3.8) is 0 Å². The molecule has 2 heterocycles. The molecule has 0 spiro atoms. The number of alkyl halides is 5. The smallest absolute Gasteiger partial charge is 0.370 e. The Hall–Kier alpha value is -2.69. The molecule has 1 aliphatic heterocycles. The van der Waals surface area contributed by atoms with Gasteiger partial charge in [-0.15, -0.1) is 0 Å². The van der Waals surface area contributed by atoms with Crippen LogP contribution < -0.4 is 5.32 Å². The number of hydrogen-bond acceptors (Lipinski definition) is 3. The van der Waals surface area contributed by atoms with Gasteiger partial charge in [0.25, 0.3) is 0 Å². The summed E-state index contributed by atoms with van der Waals surface area (Å²) in [6.45, 7) is -1.67. The molecular formula is C18H20F5N5O. The average molecular weight is 417 g/mol. The molecule has 0 bridgehead atoms. The van der Waals surface area contributed by atoms with Gasteiger partial charge in [0, 0.05) is 26.0 Å². The molecule has 11 heteroatoms. The molecule has 1 aliphatic rings. The van der Waals surface area contributed by atoms with Crippen molar-refractivity contribution >= 4 is 5.96 Å². The van der Waals surface area contributed by atoms with E-state index in [1.165, 1.54) is 25.5 Å². The average Bonchev–Trinajstić information content (AvgIpc) is 3.17. The first kappa shape index (κ1) is 21.0. The Morgan fingerprint density at radius 1 is 1.38 bits per heavy atom. The number of imidazole rings is 1. The molecule has 0 aliphatic carbocycles. The van der Waals surface area contributed by atoms with Gasteiger partial charge in [-0.2, -0.15) is 22.0 Å². The second kappa shape index (κ2) is 8.76. The van der Waals surface area contributed by atoms with Crippen LogP contribution in [0.25, 0.3) is 0 Å². The van der Waals surface area contributed by atoms with Crippen LogP contribution in [0.2, 0.25) is 0 Å². The van der Waals surface area contributed by atoms with Crippen molar-refractivity contribution in [1.29, 1.82) is 0 Å². The fourth-order valence-corrected chi connectivity index (χ4v) is 3.11. The van der Waals surface area contributed by atoms with Crippen molar-refractivity contribution in [2.24, 2.45) is 4.99 Å². The summed E-state index contributed by atoms with van der Waals surface area (Å²) < 4.78 is 71.2. The second-order valence-corrected chi connectivity index (χ2v) is 6.36. The zero-order valence-electron chi connectivity index (χ0n) is 15.5. The van der Waals surface area contributed by atoms with Gasteiger partial charge in [-0.05, 0) is 17.7 Å². The monoisotopic (exact) mass is 417 g/mol. The highest BCUT2D eigenvalue weighted by Crippen LogP contribution is 2.32. The number of halogens is 5. The summed E-state index contributed by atoms with van der Waals surface area (Å²) in [5, 5.41) is 2.97. The number of guanidine groups is 1. The molecule has 1 N–H and O–H groups in total. The molecule has 0 amide bonds. The van der Waals surface area contributed by atoms with Crippen LogP contribution in [0, 0.1) is 0 Å². The van der Waals surface area contributed by atoms with E-state index in [1.807, 2.05) is 4.90 Å². The maximum atomic E-state index is 13.0. The predicted octanol–water partition coefficient (Wildman–Crippen LogP) is 3.45. The van der Waals surface area contributed by atoms with Crippen LogP contribution in [0.5, 0.6) is 0 Å². The number of nitrogens with one attached hydrogen (secondary N) is 1. The summed E-state index contributed by atoms with van der Waals surface area (Å²) in [5.41, 5.74) is -0.328. The Morgan fingerprint density at radius 3 is 2.86 bits per heavy atom. The molecule has 1 atom stereocenters. The second-order valence-electron chi connectivity index (χ2n) is 6.36. The van der Waals surface area contributed by atoms with E-state index in [0.29, 0.717) is 18.1 Å². The molecule has 1 aromatic heterocycles. The number of aliphatic imine (C=N–C) groups is 1. The molecule has 0 saturated carbocycles. The van der Waals surface area contributed by atoms with E-state index in [1.54, 1.807) is 6.07 Å². The molecule has 1 aromatic carbocycles. The first-order valence-electron chi connectivity index (χ1n) is 8.84. The van der Waals surface area contributed by atoms with Gasteiger partial charge in [0.2, 0.25) is 0 Å². The number of nitrogens with zero attached hydrogens (tertiary/aromatic N) is 4. The summed E-state index contributed by atoms with van der Waals surface area (Å²) >= 11 is 0. The van der Waals surface area contributed by atoms with Crippen molar-refractivity contribution in [1.82, 2.24) is 19.8 Å². The molecule has 1 fully saturated rings. The van der Waals surface area contributed by atoms with Crippen LogP contribution in [-0.2, 0) is 17.5 Å². The van der Waals surface area contributed by atoms with Crippen molar-refractivity contribution < 1.29 is 26.7 Å². The largest absolute Gasteiger partial charge is 0.416 e. The molecule has 1 unspecified atom stereocenters. The third kappa shape index (κ3) is 5.03. The zero-order chi connectivity index (χ0) is 21.0. The summed E-state index contributed by atoms with van der Waals surface area (Å²) in [5.74, 6) is 0.568. The van der Waals surface area contributed by atoms with E-state index in [2.05, 4.69) is 15.3 Å². The highest BCUT2D eigenvalue weighted by molar-refractivity contribution is 5.80. The van der Waals surface area contributed by atoms with Crippen molar-refractivity contribution in [2.75, 3.05) is 26.7 Å². The van der Waals surface area contributed by atoms with Gasteiger partial charge in [-0.1, -0.05) is 12.1 Å². The highest BCUT2D eigenvalue weighted by Gasteiger charge is 2.32. The predicted molar refractivity (Wildman–Crippen MR) is 95.4 cm³/mol. The van der Waals surface area contributed by atoms with E-state index in [9.17, 15) is 22.0 Å². The quantitative estimate of drug-likeness (QED) is 0.471. The number of ether oxygens (including phenoxy) is 1. The fraction of sp³-hybridized carbons (Fsp3) is 0.444. The first-order valence-corrected chi connectivity index (χ1v) is 8.84. The number of benzene rings is 1. The summed E-state index contributed by atoms with van der Waals surface area (Å²) in [6.07, 6.45) is -2.55. The van der Waals surface area contributed by atoms with Gasteiger partial charge < -0.3 is 15.0 Å². The highest BCUT2D eigenvalue weighted by atomic mass is 19.4. The lowest BCUT2D eigenvalue weighted by molar-refractivity contribution is -0.137. The standard InChI is InChI=1S/C18H20F5N5O/c1-24-17(26-10-15-25-5-6-28(15)16(19)20)27-7-8-29-14(11-27)12-3-2-4-13(9-12)18(21,22)23/h2-6,9,14,16H,7-8,10-11H2,1H3,(H,24,26). The van der Waals surface area contributed by atoms with Crippen LogP contribution in [0.4, 0.5) is 22.0 Å². The van der Waals surface area contributed by atoms with Crippen LogP contribution in [0.1, 0.15) is 29.6 Å². The normalized spacial score (nSPS) is 18.4. The maximum Gasteiger partial charge on any atom is 0.416 e. The lowest BCUT2D eigenvalue weighted by atomic mass is 10.0. The van der Waals surface area contributed by atoms with E-state index >= 15 is 0 Å². The lowest BCUT2D eigenvalue weighted by Gasteiger charge is -2.35. The van der Waals surface area contributed by atoms with Gasteiger partial charge in [0.15, 0.2) is 5.96 Å². The molecular weight excluding hydrogens is 397 g/mol. The number of aromatic nitrogens is 2. The molecule has 0 radical (unpaired) electrons. The Labute approximate surface area is 164 Å². The van der Waals surface area contributed by atoms with E-state index in [0.717, 1.165) is 16.7 Å². The van der Waals surface area contributed by atoms with Gasteiger partial charge in [-0.3, -0.25) is 9.56 Å². The van der Waals surface area contributed by atoms with Crippen LogP contribution in [0.15, 0.2) is 41.7 Å². The van der Waals surface area contributed by atoms with Crippen molar-refractivity contribution in [2.45, 2.75) is 25.4 Å². The lowest BCUT2D eigenvalue weighted by Crippen LogP contribution is -2.48. The molecule has 6 nitrogen and oxygen atoms in total. The van der Waals surface area contributed by atoms with Gasteiger partial charge in [0.05, 0.1) is 25.3 Å². The van der Waals surface area contributed by atoms with Crippen LogP contribution >= 0.6 is 0 Å². The minimum absolute atomic E-state index is 0.0234. The Balaban J connectivity index is 1.68. The van der Waals surface area contributed by atoms with Crippen molar-refractivity contribution in [3.8, 4) is 0 Å². The van der Waals surface area contributed by atoms with E-state index < -0.39 is 24.4 Å². The molecule has 2 aromatic rings. The van der Waals surface area contributed by atoms with E-state index in [-0.39, 0.29) is 25.5 Å².